The lowest BCUT2D eigenvalue weighted by Gasteiger charge is -2.47. The normalized spacial score (nSPS) is 26.9. The van der Waals surface area contributed by atoms with E-state index in [1.165, 1.54) is 44.9 Å². The van der Waals surface area contributed by atoms with Crippen molar-refractivity contribution in [2.75, 3.05) is 19.7 Å². The highest BCUT2D eigenvalue weighted by Crippen LogP contribution is 2.44. The van der Waals surface area contributed by atoms with E-state index in [9.17, 15) is 5.11 Å². The molecule has 0 aromatic carbocycles. The van der Waals surface area contributed by atoms with E-state index < -0.39 is 0 Å². The van der Waals surface area contributed by atoms with E-state index in [0.29, 0.717) is 11.3 Å². The predicted octanol–water partition coefficient (Wildman–Crippen LogP) is 2.77. The molecule has 0 amide bonds. The summed E-state index contributed by atoms with van der Waals surface area (Å²) in [6, 6.07) is 0.277. The summed E-state index contributed by atoms with van der Waals surface area (Å²) in [6.07, 6.45) is 10.8. The van der Waals surface area contributed by atoms with Crippen molar-refractivity contribution < 1.29 is 5.11 Å². The maximum Gasteiger partial charge on any atom is 0.0601 e. The van der Waals surface area contributed by atoms with Gasteiger partial charge in [-0.1, -0.05) is 33.1 Å². The van der Waals surface area contributed by atoms with Crippen LogP contribution in [0.5, 0.6) is 0 Å². The maximum absolute atomic E-state index is 9.74. The number of hydrogen-bond acceptors (Lipinski definition) is 3. The fourth-order valence-corrected chi connectivity index (χ4v) is 4.35. The van der Waals surface area contributed by atoms with Crippen LogP contribution in [-0.2, 0) is 0 Å². The predicted molar refractivity (Wildman–Crippen MR) is 84.6 cm³/mol. The van der Waals surface area contributed by atoms with E-state index in [1.54, 1.807) is 0 Å². The van der Waals surface area contributed by atoms with Crippen molar-refractivity contribution in [1.29, 1.82) is 0 Å². The van der Waals surface area contributed by atoms with Gasteiger partial charge < -0.3 is 10.8 Å². The van der Waals surface area contributed by atoms with E-state index in [0.717, 1.165) is 19.5 Å². The summed E-state index contributed by atoms with van der Waals surface area (Å²) in [5.41, 5.74) is 6.96. The summed E-state index contributed by atoms with van der Waals surface area (Å²) < 4.78 is 0. The van der Waals surface area contributed by atoms with Gasteiger partial charge in [-0.15, -0.1) is 0 Å². The highest BCUT2D eigenvalue weighted by Gasteiger charge is 2.38. The molecule has 2 rings (SSSR count). The van der Waals surface area contributed by atoms with E-state index in [-0.39, 0.29) is 18.7 Å². The van der Waals surface area contributed by atoms with Gasteiger partial charge in [-0.25, -0.2) is 0 Å². The molecule has 0 aromatic heterocycles. The van der Waals surface area contributed by atoms with Crippen molar-refractivity contribution in [1.82, 2.24) is 4.90 Å². The van der Waals surface area contributed by atoms with Gasteiger partial charge in [-0.05, 0) is 56.5 Å². The van der Waals surface area contributed by atoms with Gasteiger partial charge in [0.2, 0.25) is 0 Å². The van der Waals surface area contributed by atoms with Crippen molar-refractivity contribution in [2.45, 2.75) is 77.3 Å². The zero-order valence-electron chi connectivity index (χ0n) is 13.5. The summed E-state index contributed by atoms with van der Waals surface area (Å²) in [7, 11) is 0. The van der Waals surface area contributed by atoms with E-state index >= 15 is 0 Å². The molecule has 1 saturated carbocycles. The Bertz CT molecular complexity index is 277. The molecule has 1 heterocycles. The van der Waals surface area contributed by atoms with Crippen LogP contribution in [-0.4, -0.2) is 41.8 Å². The molecular formula is C17H34N2O. The largest absolute Gasteiger partial charge is 0.395 e. The Hall–Kier alpha value is -0.120. The number of likely N-dealkylation sites (tertiary alicyclic amines) is 1. The Kier molecular flexibility index (Phi) is 5.88. The van der Waals surface area contributed by atoms with Crippen molar-refractivity contribution in [3.63, 3.8) is 0 Å². The highest BCUT2D eigenvalue weighted by molar-refractivity contribution is 4.92. The van der Waals surface area contributed by atoms with Crippen LogP contribution in [0.2, 0.25) is 0 Å². The summed E-state index contributed by atoms with van der Waals surface area (Å²) in [5, 5.41) is 9.74. The van der Waals surface area contributed by atoms with Crippen molar-refractivity contribution in [3.05, 3.63) is 0 Å². The first-order valence-corrected chi connectivity index (χ1v) is 8.67. The fourth-order valence-electron chi connectivity index (χ4n) is 4.35. The Labute approximate surface area is 124 Å². The van der Waals surface area contributed by atoms with Crippen LogP contribution in [0, 0.1) is 11.3 Å². The van der Waals surface area contributed by atoms with Crippen LogP contribution in [0.3, 0.4) is 0 Å². The number of nitrogens with zero attached hydrogens (tertiary/aromatic N) is 1. The molecule has 1 aliphatic heterocycles. The third-order valence-electron chi connectivity index (χ3n) is 5.67. The van der Waals surface area contributed by atoms with Gasteiger partial charge in [0.1, 0.15) is 0 Å². The summed E-state index contributed by atoms with van der Waals surface area (Å²) in [5.74, 6) is 0.605. The second-order valence-corrected chi connectivity index (χ2v) is 7.64. The Morgan fingerprint density at radius 3 is 2.15 bits per heavy atom. The summed E-state index contributed by atoms with van der Waals surface area (Å²) >= 11 is 0. The van der Waals surface area contributed by atoms with Crippen LogP contribution >= 0.6 is 0 Å². The van der Waals surface area contributed by atoms with Crippen LogP contribution in [0.4, 0.5) is 0 Å². The van der Waals surface area contributed by atoms with Crippen LogP contribution in [0.15, 0.2) is 0 Å². The summed E-state index contributed by atoms with van der Waals surface area (Å²) in [4.78, 5) is 2.47. The van der Waals surface area contributed by atoms with Gasteiger partial charge in [0.15, 0.2) is 0 Å². The maximum atomic E-state index is 9.74. The topological polar surface area (TPSA) is 49.5 Å². The molecule has 1 saturated heterocycles. The second kappa shape index (κ2) is 7.24. The Morgan fingerprint density at radius 1 is 1.05 bits per heavy atom. The van der Waals surface area contributed by atoms with Crippen molar-refractivity contribution in [3.8, 4) is 0 Å². The first kappa shape index (κ1) is 16.3. The molecule has 2 atom stereocenters. The molecule has 3 N–H and O–H groups in total. The second-order valence-electron chi connectivity index (χ2n) is 7.64. The highest BCUT2D eigenvalue weighted by atomic mass is 16.3. The number of piperidine rings is 1. The third kappa shape index (κ3) is 3.96. The average Bonchev–Trinajstić information content (AvgIpc) is 2.42. The van der Waals surface area contributed by atoms with Gasteiger partial charge in [0.25, 0.3) is 0 Å². The number of nitrogens with two attached hydrogens (primary N) is 1. The first-order chi connectivity index (χ1) is 9.56. The molecule has 0 radical (unpaired) electrons. The fraction of sp³-hybridized carbons (Fsp3) is 1.00. The smallest absolute Gasteiger partial charge is 0.0601 e. The van der Waals surface area contributed by atoms with Crippen molar-refractivity contribution >= 4 is 0 Å². The van der Waals surface area contributed by atoms with Gasteiger partial charge >= 0.3 is 0 Å². The minimum absolute atomic E-state index is 0.111. The molecule has 3 heteroatoms. The zero-order valence-corrected chi connectivity index (χ0v) is 13.5. The lowest BCUT2D eigenvalue weighted by atomic mass is 9.68. The average molecular weight is 282 g/mol. The monoisotopic (exact) mass is 282 g/mol. The molecule has 118 valence electrons. The molecule has 2 aliphatic rings. The number of aliphatic hydroxyl groups is 1. The number of hydrogen-bond donors (Lipinski definition) is 2. The molecule has 20 heavy (non-hydrogen) atoms. The van der Waals surface area contributed by atoms with E-state index in [4.69, 9.17) is 5.73 Å². The minimum Gasteiger partial charge on any atom is -0.395 e. The van der Waals surface area contributed by atoms with E-state index in [1.807, 2.05) is 0 Å². The van der Waals surface area contributed by atoms with Gasteiger partial charge in [0, 0.05) is 12.1 Å². The summed E-state index contributed by atoms with van der Waals surface area (Å²) in [6.45, 7) is 6.90. The van der Waals surface area contributed by atoms with Gasteiger partial charge in [-0.3, -0.25) is 4.90 Å². The molecule has 0 aromatic rings. The molecule has 2 unspecified atom stereocenters. The van der Waals surface area contributed by atoms with E-state index in [2.05, 4.69) is 18.7 Å². The zero-order chi connectivity index (χ0) is 14.6. The molecule has 1 spiro atoms. The Balaban J connectivity index is 1.87. The van der Waals surface area contributed by atoms with Crippen molar-refractivity contribution in [2.24, 2.45) is 17.1 Å². The van der Waals surface area contributed by atoms with Crippen LogP contribution < -0.4 is 5.73 Å². The lowest BCUT2D eigenvalue weighted by Crippen LogP contribution is -2.54. The minimum atomic E-state index is 0.111. The van der Waals surface area contributed by atoms with Crippen LogP contribution in [0.1, 0.15) is 65.2 Å². The number of rotatable bonds is 5. The molecule has 1 aliphatic carbocycles. The molecule has 3 nitrogen and oxygen atoms in total. The lowest BCUT2D eigenvalue weighted by molar-refractivity contribution is 0.0179. The molecule has 2 fully saturated rings. The third-order valence-corrected chi connectivity index (χ3v) is 5.67. The standard InChI is InChI=1S/C17H34N2O/c1-14(2)12-15(18)16(13-20)19-10-8-17(9-11-19)6-4-3-5-7-17/h14-16,20H,3-13,18H2,1-2H3. The molecular weight excluding hydrogens is 248 g/mol. The SMILES string of the molecule is CC(C)CC(N)C(CO)N1CCC2(CCCCC2)CC1. The first-order valence-electron chi connectivity index (χ1n) is 8.67. The Morgan fingerprint density at radius 2 is 1.65 bits per heavy atom. The van der Waals surface area contributed by atoms with Crippen LogP contribution in [0.25, 0.3) is 0 Å². The van der Waals surface area contributed by atoms with Gasteiger partial charge in [-0.2, -0.15) is 0 Å². The quantitative estimate of drug-likeness (QED) is 0.815. The molecule has 0 bridgehead atoms. The van der Waals surface area contributed by atoms with Gasteiger partial charge in [0.05, 0.1) is 6.61 Å². The number of aliphatic hydroxyl groups excluding tert-OH is 1.